The van der Waals surface area contributed by atoms with E-state index in [0.717, 1.165) is 10.0 Å². The molecule has 2 aromatic rings. The summed E-state index contributed by atoms with van der Waals surface area (Å²) in [5.74, 6) is 0.205. The van der Waals surface area contributed by atoms with Crippen LogP contribution in [0, 0.1) is 0 Å². The normalized spacial score (nSPS) is 10.2. The summed E-state index contributed by atoms with van der Waals surface area (Å²) in [5, 5.41) is 3.17. The largest absolute Gasteiger partial charge is 0.482 e. The van der Waals surface area contributed by atoms with Crippen molar-refractivity contribution in [2.45, 2.75) is 6.54 Å². The lowest BCUT2D eigenvalue weighted by Crippen LogP contribution is -2.20. The van der Waals surface area contributed by atoms with Crippen molar-refractivity contribution in [1.82, 2.24) is 0 Å². The van der Waals surface area contributed by atoms with Gasteiger partial charge >= 0.3 is 0 Å². The minimum absolute atomic E-state index is 0.113. The molecule has 0 aliphatic carbocycles. The SMILES string of the molecule is NCc1ccc(OCC(=O)Nc2ccc(Br)cc2)c(Cl)c1. The van der Waals surface area contributed by atoms with Crippen LogP contribution in [0.1, 0.15) is 5.56 Å². The van der Waals surface area contributed by atoms with Gasteiger partial charge < -0.3 is 15.8 Å². The standard InChI is InChI=1S/C15H14BrClN2O2/c16-11-2-4-12(5-3-11)19-15(20)9-21-14-6-1-10(8-18)7-13(14)17/h1-7H,8-9,18H2,(H,19,20). The Morgan fingerprint density at radius 1 is 1.24 bits per heavy atom. The molecule has 3 N–H and O–H groups in total. The molecule has 0 saturated carbocycles. The number of amides is 1. The molecule has 0 aromatic heterocycles. The monoisotopic (exact) mass is 368 g/mol. The van der Waals surface area contributed by atoms with Crippen molar-refractivity contribution in [3.63, 3.8) is 0 Å². The summed E-state index contributed by atoms with van der Waals surface area (Å²) >= 11 is 9.38. The van der Waals surface area contributed by atoms with Crippen molar-refractivity contribution in [3.8, 4) is 5.75 Å². The van der Waals surface area contributed by atoms with E-state index in [2.05, 4.69) is 21.2 Å². The number of hydrogen-bond donors (Lipinski definition) is 2. The molecule has 0 spiro atoms. The highest BCUT2D eigenvalue weighted by atomic mass is 79.9. The summed E-state index contributed by atoms with van der Waals surface area (Å²) in [6, 6.07) is 12.5. The number of carbonyl (C=O) groups is 1. The van der Waals surface area contributed by atoms with E-state index < -0.39 is 0 Å². The van der Waals surface area contributed by atoms with Gasteiger partial charge in [-0.15, -0.1) is 0 Å². The summed E-state index contributed by atoms with van der Waals surface area (Å²) in [6.45, 7) is 0.293. The third-order valence-electron chi connectivity index (χ3n) is 2.72. The molecule has 0 bridgehead atoms. The summed E-state index contributed by atoms with van der Waals surface area (Å²) in [5.41, 5.74) is 7.13. The fourth-order valence-corrected chi connectivity index (χ4v) is 2.18. The zero-order valence-corrected chi connectivity index (χ0v) is 13.4. The van der Waals surface area contributed by atoms with Crippen LogP contribution in [0.4, 0.5) is 5.69 Å². The lowest BCUT2D eigenvalue weighted by Gasteiger charge is -2.09. The summed E-state index contributed by atoms with van der Waals surface area (Å²) < 4.78 is 6.35. The number of benzene rings is 2. The average Bonchev–Trinajstić information content (AvgIpc) is 2.48. The fraction of sp³-hybridized carbons (Fsp3) is 0.133. The predicted octanol–water partition coefficient (Wildman–Crippen LogP) is 3.58. The molecule has 0 fully saturated rings. The molecule has 0 unspecified atom stereocenters. The molecule has 0 radical (unpaired) electrons. The van der Waals surface area contributed by atoms with Crippen LogP contribution in [0.3, 0.4) is 0 Å². The van der Waals surface area contributed by atoms with Crippen LogP contribution >= 0.6 is 27.5 Å². The maximum atomic E-state index is 11.8. The van der Waals surface area contributed by atoms with Crippen molar-refractivity contribution in [2.75, 3.05) is 11.9 Å². The molecule has 1 amide bonds. The molecule has 0 atom stereocenters. The Hall–Kier alpha value is -1.56. The molecule has 2 rings (SSSR count). The number of ether oxygens (including phenoxy) is 1. The molecule has 0 heterocycles. The van der Waals surface area contributed by atoms with Gasteiger partial charge in [-0.2, -0.15) is 0 Å². The Kier molecular flexibility index (Phi) is 5.61. The maximum Gasteiger partial charge on any atom is 0.262 e. The van der Waals surface area contributed by atoms with E-state index in [4.69, 9.17) is 22.1 Å². The topological polar surface area (TPSA) is 64.3 Å². The number of anilines is 1. The van der Waals surface area contributed by atoms with Gasteiger partial charge in [0.05, 0.1) is 5.02 Å². The Balaban J connectivity index is 1.90. The molecule has 110 valence electrons. The third-order valence-corrected chi connectivity index (χ3v) is 3.54. The molecule has 0 aliphatic rings. The Morgan fingerprint density at radius 2 is 1.95 bits per heavy atom. The summed E-state index contributed by atoms with van der Waals surface area (Å²) in [6.07, 6.45) is 0. The molecule has 4 nitrogen and oxygen atoms in total. The molecule has 0 aliphatic heterocycles. The van der Waals surface area contributed by atoms with E-state index in [1.165, 1.54) is 0 Å². The molecular weight excluding hydrogens is 356 g/mol. The van der Waals surface area contributed by atoms with Gasteiger partial charge in [0.1, 0.15) is 5.75 Å². The Bertz CT molecular complexity index is 632. The van der Waals surface area contributed by atoms with Crippen LogP contribution in [0.5, 0.6) is 5.75 Å². The Morgan fingerprint density at radius 3 is 2.57 bits per heavy atom. The molecule has 0 saturated heterocycles. The van der Waals surface area contributed by atoms with Crippen LogP contribution in [0.2, 0.25) is 5.02 Å². The lowest BCUT2D eigenvalue weighted by molar-refractivity contribution is -0.118. The number of hydrogen-bond acceptors (Lipinski definition) is 3. The second kappa shape index (κ2) is 7.45. The predicted molar refractivity (Wildman–Crippen MR) is 87.6 cm³/mol. The van der Waals surface area contributed by atoms with E-state index >= 15 is 0 Å². The van der Waals surface area contributed by atoms with Crippen molar-refractivity contribution < 1.29 is 9.53 Å². The lowest BCUT2D eigenvalue weighted by atomic mass is 10.2. The van der Waals surface area contributed by atoms with E-state index in [0.29, 0.717) is 23.0 Å². The van der Waals surface area contributed by atoms with Gasteiger partial charge in [0, 0.05) is 16.7 Å². The fourth-order valence-electron chi connectivity index (χ4n) is 1.66. The number of carbonyl (C=O) groups excluding carboxylic acids is 1. The first-order chi connectivity index (χ1) is 10.1. The van der Waals surface area contributed by atoms with Crippen LogP contribution in [-0.2, 0) is 11.3 Å². The summed E-state index contributed by atoms with van der Waals surface area (Å²) in [7, 11) is 0. The Labute approximate surface area is 136 Å². The van der Waals surface area contributed by atoms with E-state index in [1.54, 1.807) is 24.3 Å². The first-order valence-electron chi connectivity index (χ1n) is 6.25. The molecule has 6 heteroatoms. The maximum absolute atomic E-state index is 11.8. The van der Waals surface area contributed by atoms with Crippen LogP contribution in [0.15, 0.2) is 46.9 Å². The van der Waals surface area contributed by atoms with Gasteiger partial charge in [-0.1, -0.05) is 33.6 Å². The quantitative estimate of drug-likeness (QED) is 0.846. The van der Waals surface area contributed by atoms with Crippen LogP contribution in [-0.4, -0.2) is 12.5 Å². The highest BCUT2D eigenvalue weighted by Crippen LogP contribution is 2.25. The number of nitrogens with two attached hydrogens (primary N) is 1. The first-order valence-corrected chi connectivity index (χ1v) is 7.42. The second-order valence-electron chi connectivity index (χ2n) is 4.31. The summed E-state index contributed by atoms with van der Waals surface area (Å²) in [4.78, 5) is 11.8. The van der Waals surface area contributed by atoms with E-state index in [9.17, 15) is 4.79 Å². The first kappa shape index (κ1) is 15.8. The van der Waals surface area contributed by atoms with E-state index in [-0.39, 0.29) is 12.5 Å². The zero-order valence-electron chi connectivity index (χ0n) is 11.1. The third kappa shape index (κ3) is 4.74. The van der Waals surface area contributed by atoms with Crippen LogP contribution < -0.4 is 15.8 Å². The van der Waals surface area contributed by atoms with Gasteiger partial charge in [0.15, 0.2) is 6.61 Å². The zero-order chi connectivity index (χ0) is 15.2. The van der Waals surface area contributed by atoms with Crippen molar-refractivity contribution >= 4 is 39.1 Å². The van der Waals surface area contributed by atoms with Gasteiger partial charge in [0.2, 0.25) is 0 Å². The smallest absolute Gasteiger partial charge is 0.262 e. The highest BCUT2D eigenvalue weighted by Gasteiger charge is 2.07. The van der Waals surface area contributed by atoms with Gasteiger partial charge in [-0.3, -0.25) is 4.79 Å². The molecular formula is C15H14BrClN2O2. The van der Waals surface area contributed by atoms with Crippen molar-refractivity contribution in [3.05, 3.63) is 57.5 Å². The van der Waals surface area contributed by atoms with Crippen LogP contribution in [0.25, 0.3) is 0 Å². The van der Waals surface area contributed by atoms with Gasteiger partial charge in [-0.25, -0.2) is 0 Å². The minimum atomic E-state index is -0.253. The second-order valence-corrected chi connectivity index (χ2v) is 5.64. The number of rotatable bonds is 5. The average molecular weight is 370 g/mol. The molecule has 2 aromatic carbocycles. The van der Waals surface area contributed by atoms with Crippen molar-refractivity contribution in [1.29, 1.82) is 0 Å². The molecule has 21 heavy (non-hydrogen) atoms. The minimum Gasteiger partial charge on any atom is -0.482 e. The van der Waals surface area contributed by atoms with E-state index in [1.807, 2.05) is 18.2 Å². The van der Waals surface area contributed by atoms with Crippen molar-refractivity contribution in [2.24, 2.45) is 5.73 Å². The number of nitrogens with one attached hydrogen (secondary N) is 1. The number of halogens is 2. The van der Waals surface area contributed by atoms with Gasteiger partial charge in [0.25, 0.3) is 5.91 Å². The van der Waals surface area contributed by atoms with Gasteiger partial charge in [-0.05, 0) is 42.0 Å². The highest BCUT2D eigenvalue weighted by molar-refractivity contribution is 9.10.